The maximum atomic E-state index is 6.20. The molecule has 0 aliphatic carbocycles. The predicted molar refractivity (Wildman–Crippen MR) is 137 cm³/mol. The first-order valence-electron chi connectivity index (χ1n) is 13.0. The van der Waals surface area contributed by atoms with Gasteiger partial charge in [0.15, 0.2) is 0 Å². The van der Waals surface area contributed by atoms with Gasteiger partial charge < -0.3 is 4.74 Å². The number of ether oxygens (including phenoxy) is 1. The monoisotopic (exact) mass is 436 g/mol. The highest BCUT2D eigenvalue weighted by Crippen LogP contribution is 2.31. The minimum Gasteiger partial charge on any atom is -0.493 e. The van der Waals surface area contributed by atoms with Gasteiger partial charge in [0.2, 0.25) is 0 Å². The van der Waals surface area contributed by atoms with Gasteiger partial charge in [-0.3, -0.25) is 0 Å². The zero-order chi connectivity index (χ0) is 22.7. The molecule has 0 spiro atoms. The lowest BCUT2D eigenvalue weighted by Gasteiger charge is -2.13. The van der Waals surface area contributed by atoms with Crippen molar-refractivity contribution < 1.29 is 4.74 Å². The summed E-state index contributed by atoms with van der Waals surface area (Å²) in [6, 6.07) is 8.33. The van der Waals surface area contributed by atoms with E-state index >= 15 is 0 Å². The van der Waals surface area contributed by atoms with Crippen LogP contribution in [0.3, 0.4) is 0 Å². The number of aromatic nitrogens is 2. The van der Waals surface area contributed by atoms with Gasteiger partial charge in [0.1, 0.15) is 12.1 Å². The number of nitrogens with zero attached hydrogens (tertiary/aromatic N) is 2. The molecule has 1 heterocycles. The average molecular weight is 437 g/mol. The van der Waals surface area contributed by atoms with Crippen molar-refractivity contribution in [3.63, 3.8) is 0 Å². The molecule has 0 aliphatic heterocycles. The summed E-state index contributed by atoms with van der Waals surface area (Å²) in [6.45, 7) is 6.82. The Morgan fingerprint density at radius 2 is 1.53 bits per heavy atom. The van der Waals surface area contributed by atoms with E-state index < -0.39 is 0 Å². The van der Waals surface area contributed by atoms with Crippen LogP contribution in [0.1, 0.15) is 102 Å². The standard InChI is InChI=1S/C29H44N2O/c1-3-5-7-9-11-12-13-15-19-23-32-28-22-18-17-21-27(28)29-26(24-30-25-31-29)20-16-14-10-8-6-4-2/h3,17-18,21-22,24-25H,1,4-16,19-20,23H2,2H3. The van der Waals surface area contributed by atoms with Crippen molar-refractivity contribution in [2.45, 2.75) is 103 Å². The highest BCUT2D eigenvalue weighted by atomic mass is 16.5. The molecule has 2 rings (SSSR count). The van der Waals surface area contributed by atoms with Crippen LogP contribution in [0.25, 0.3) is 11.3 Å². The van der Waals surface area contributed by atoms with Crippen LogP contribution in [0.4, 0.5) is 0 Å². The Morgan fingerprint density at radius 3 is 2.31 bits per heavy atom. The second-order valence-corrected chi connectivity index (χ2v) is 8.81. The largest absolute Gasteiger partial charge is 0.493 e. The topological polar surface area (TPSA) is 35.0 Å². The molecule has 0 saturated carbocycles. The molecule has 0 bridgehead atoms. The van der Waals surface area contributed by atoms with Crippen molar-refractivity contribution in [2.24, 2.45) is 0 Å². The molecule has 0 atom stereocenters. The molecule has 1 aromatic heterocycles. The van der Waals surface area contributed by atoms with Crippen molar-refractivity contribution in [1.29, 1.82) is 0 Å². The summed E-state index contributed by atoms with van der Waals surface area (Å²) in [5.74, 6) is 0.944. The maximum Gasteiger partial charge on any atom is 0.128 e. The number of hydrogen-bond acceptors (Lipinski definition) is 3. The molecule has 0 N–H and O–H groups in total. The van der Waals surface area contributed by atoms with Gasteiger partial charge >= 0.3 is 0 Å². The van der Waals surface area contributed by atoms with Crippen molar-refractivity contribution >= 4 is 0 Å². The molecule has 3 heteroatoms. The van der Waals surface area contributed by atoms with Crippen LogP contribution in [0, 0.1) is 0 Å². The fourth-order valence-corrected chi connectivity index (χ4v) is 4.12. The van der Waals surface area contributed by atoms with Crippen LogP contribution in [0.2, 0.25) is 0 Å². The molecule has 0 amide bonds. The van der Waals surface area contributed by atoms with Gasteiger partial charge in [-0.25, -0.2) is 9.97 Å². The van der Waals surface area contributed by atoms with E-state index in [1.165, 1.54) is 82.6 Å². The second-order valence-electron chi connectivity index (χ2n) is 8.81. The normalized spacial score (nSPS) is 10.9. The molecular weight excluding hydrogens is 392 g/mol. The number of rotatable bonds is 19. The number of aryl methyl sites for hydroxylation is 1. The minimum atomic E-state index is 0.769. The molecule has 0 aliphatic rings. The van der Waals surface area contributed by atoms with Crippen molar-refractivity contribution in [2.75, 3.05) is 6.61 Å². The third-order valence-electron chi connectivity index (χ3n) is 6.04. The van der Waals surface area contributed by atoms with Crippen LogP contribution in [-0.2, 0) is 6.42 Å². The van der Waals surface area contributed by atoms with Crippen LogP contribution in [0.15, 0.2) is 49.4 Å². The van der Waals surface area contributed by atoms with Crippen LogP contribution >= 0.6 is 0 Å². The van der Waals surface area contributed by atoms with E-state index in [0.717, 1.165) is 42.9 Å². The van der Waals surface area contributed by atoms with Crippen molar-refractivity contribution in [1.82, 2.24) is 9.97 Å². The van der Waals surface area contributed by atoms with Crippen LogP contribution in [0.5, 0.6) is 5.75 Å². The third kappa shape index (κ3) is 10.4. The minimum absolute atomic E-state index is 0.769. The molecule has 0 radical (unpaired) electrons. The van der Waals surface area contributed by atoms with Gasteiger partial charge in [0, 0.05) is 11.8 Å². The lowest BCUT2D eigenvalue weighted by Crippen LogP contribution is -2.01. The van der Waals surface area contributed by atoms with E-state index in [0.29, 0.717) is 0 Å². The molecule has 176 valence electrons. The summed E-state index contributed by atoms with van der Waals surface area (Å²) < 4.78 is 6.20. The first-order valence-corrected chi connectivity index (χ1v) is 13.0. The number of allylic oxidation sites excluding steroid dienone is 1. The zero-order valence-corrected chi connectivity index (χ0v) is 20.4. The van der Waals surface area contributed by atoms with E-state index in [2.05, 4.69) is 47.7 Å². The highest BCUT2D eigenvalue weighted by Gasteiger charge is 2.12. The average Bonchev–Trinajstić information content (AvgIpc) is 2.83. The van der Waals surface area contributed by atoms with Crippen molar-refractivity contribution in [3.05, 3.63) is 55.0 Å². The maximum absolute atomic E-state index is 6.20. The SMILES string of the molecule is C=CCCCCCCCCCOc1ccccc1-c1ncncc1CCCCCCCC. The zero-order valence-electron chi connectivity index (χ0n) is 20.4. The molecule has 1 aromatic carbocycles. The van der Waals surface area contributed by atoms with Crippen LogP contribution < -0.4 is 4.74 Å². The van der Waals surface area contributed by atoms with Gasteiger partial charge in [-0.2, -0.15) is 0 Å². The number of unbranched alkanes of at least 4 members (excludes halogenated alkanes) is 12. The molecule has 32 heavy (non-hydrogen) atoms. The molecule has 0 unspecified atom stereocenters. The van der Waals surface area contributed by atoms with E-state index in [1.54, 1.807) is 6.33 Å². The Hall–Kier alpha value is -2.16. The van der Waals surface area contributed by atoms with Gasteiger partial charge in [-0.1, -0.05) is 89.3 Å². The fourth-order valence-electron chi connectivity index (χ4n) is 4.12. The summed E-state index contributed by atoms with van der Waals surface area (Å²) in [7, 11) is 0. The number of para-hydroxylation sites is 1. The summed E-state index contributed by atoms with van der Waals surface area (Å²) in [5.41, 5.74) is 3.36. The fraction of sp³-hybridized carbons (Fsp3) is 0.586. The first-order chi connectivity index (χ1) is 15.9. The molecular formula is C29H44N2O. The van der Waals surface area contributed by atoms with E-state index in [9.17, 15) is 0 Å². The Bertz CT molecular complexity index is 743. The Labute approximate surface area is 196 Å². The Morgan fingerprint density at radius 1 is 0.844 bits per heavy atom. The van der Waals surface area contributed by atoms with Gasteiger partial charge in [0.05, 0.1) is 12.3 Å². The summed E-state index contributed by atoms with van der Waals surface area (Å²) in [4.78, 5) is 8.94. The van der Waals surface area contributed by atoms with E-state index in [4.69, 9.17) is 4.74 Å². The summed E-state index contributed by atoms with van der Waals surface area (Å²) in [5, 5.41) is 0. The first kappa shape index (κ1) is 26.1. The van der Waals surface area contributed by atoms with E-state index in [-0.39, 0.29) is 0 Å². The molecule has 0 fully saturated rings. The van der Waals surface area contributed by atoms with E-state index in [1.807, 2.05) is 12.3 Å². The van der Waals surface area contributed by atoms with Crippen molar-refractivity contribution in [3.8, 4) is 17.0 Å². The van der Waals surface area contributed by atoms with Gasteiger partial charge in [-0.05, 0) is 49.8 Å². The van der Waals surface area contributed by atoms with Crippen LogP contribution in [-0.4, -0.2) is 16.6 Å². The molecule has 2 aromatic rings. The predicted octanol–water partition coefficient (Wildman–Crippen LogP) is 8.73. The Kier molecular flexibility index (Phi) is 14.2. The second kappa shape index (κ2) is 17.4. The number of benzene rings is 1. The lowest BCUT2D eigenvalue weighted by molar-refractivity contribution is 0.305. The van der Waals surface area contributed by atoms with Gasteiger partial charge in [-0.15, -0.1) is 6.58 Å². The number of hydrogen-bond donors (Lipinski definition) is 0. The summed E-state index contributed by atoms with van der Waals surface area (Å²) >= 11 is 0. The molecule has 3 nitrogen and oxygen atoms in total. The third-order valence-corrected chi connectivity index (χ3v) is 6.04. The highest BCUT2D eigenvalue weighted by molar-refractivity contribution is 5.69. The smallest absolute Gasteiger partial charge is 0.128 e. The summed E-state index contributed by atoms with van der Waals surface area (Å²) in [6.07, 6.45) is 24.6. The quantitative estimate of drug-likeness (QED) is 0.163. The lowest BCUT2D eigenvalue weighted by atomic mass is 10.0. The Balaban J connectivity index is 1.79. The molecule has 0 saturated heterocycles. The van der Waals surface area contributed by atoms with Gasteiger partial charge in [0.25, 0.3) is 0 Å².